The topological polar surface area (TPSA) is 29.9 Å². The lowest BCUT2D eigenvalue weighted by Gasteiger charge is -2.13. The lowest BCUT2D eigenvalue weighted by molar-refractivity contribution is 0.660. The second kappa shape index (κ2) is 6.09. The minimum absolute atomic E-state index is 0.431. The van der Waals surface area contributed by atoms with E-state index in [1.54, 1.807) is 0 Å². The standard InChI is InChI=1S/C10H19N3S/c1-4-5-14-8-10(11-2)9-6-12-13(3)7-9/h6-7,10-11H,4-5,8H2,1-3H3. The lowest BCUT2D eigenvalue weighted by Crippen LogP contribution is -2.18. The average molecular weight is 213 g/mol. The second-order valence-electron chi connectivity index (χ2n) is 3.36. The summed E-state index contributed by atoms with van der Waals surface area (Å²) in [4.78, 5) is 0. The van der Waals surface area contributed by atoms with Crippen LogP contribution in [0.3, 0.4) is 0 Å². The molecular formula is C10H19N3S. The van der Waals surface area contributed by atoms with Gasteiger partial charge in [0.15, 0.2) is 0 Å². The van der Waals surface area contributed by atoms with Gasteiger partial charge in [-0.1, -0.05) is 6.92 Å². The van der Waals surface area contributed by atoms with Gasteiger partial charge in [0.2, 0.25) is 0 Å². The van der Waals surface area contributed by atoms with Gasteiger partial charge in [-0.25, -0.2) is 0 Å². The molecule has 0 spiro atoms. The summed E-state index contributed by atoms with van der Waals surface area (Å²) in [5.41, 5.74) is 1.28. The highest BCUT2D eigenvalue weighted by molar-refractivity contribution is 7.99. The first-order valence-corrected chi connectivity index (χ1v) is 6.17. The van der Waals surface area contributed by atoms with E-state index >= 15 is 0 Å². The van der Waals surface area contributed by atoms with Crippen molar-refractivity contribution in [3.8, 4) is 0 Å². The van der Waals surface area contributed by atoms with Gasteiger partial charge in [0.1, 0.15) is 0 Å². The van der Waals surface area contributed by atoms with Crippen molar-refractivity contribution in [1.82, 2.24) is 15.1 Å². The van der Waals surface area contributed by atoms with Gasteiger partial charge in [-0.2, -0.15) is 16.9 Å². The van der Waals surface area contributed by atoms with Gasteiger partial charge in [0.25, 0.3) is 0 Å². The summed E-state index contributed by atoms with van der Waals surface area (Å²) < 4.78 is 1.85. The number of rotatable bonds is 6. The summed E-state index contributed by atoms with van der Waals surface area (Å²) in [5, 5.41) is 7.50. The first kappa shape index (κ1) is 11.6. The fourth-order valence-corrected chi connectivity index (χ4v) is 2.36. The Hall–Kier alpha value is -0.480. The Balaban J connectivity index is 2.45. The van der Waals surface area contributed by atoms with Gasteiger partial charge in [-0.3, -0.25) is 4.68 Å². The van der Waals surface area contributed by atoms with Crippen LogP contribution in [0.25, 0.3) is 0 Å². The minimum atomic E-state index is 0.431. The predicted octanol–water partition coefficient (Wildman–Crippen LogP) is 1.82. The quantitative estimate of drug-likeness (QED) is 0.731. The predicted molar refractivity (Wildman–Crippen MR) is 62.6 cm³/mol. The molecule has 1 unspecified atom stereocenters. The molecule has 0 radical (unpaired) electrons. The number of thioether (sulfide) groups is 1. The van der Waals surface area contributed by atoms with Gasteiger partial charge in [-0.05, 0) is 19.2 Å². The maximum absolute atomic E-state index is 4.18. The molecule has 14 heavy (non-hydrogen) atoms. The summed E-state index contributed by atoms with van der Waals surface area (Å²) in [5.74, 6) is 2.36. The van der Waals surface area contributed by atoms with Crippen LogP contribution in [0.4, 0.5) is 0 Å². The van der Waals surface area contributed by atoms with Crippen LogP contribution < -0.4 is 5.32 Å². The molecule has 0 saturated heterocycles. The zero-order chi connectivity index (χ0) is 10.4. The monoisotopic (exact) mass is 213 g/mol. The molecule has 1 aromatic rings. The normalized spacial score (nSPS) is 13.1. The zero-order valence-electron chi connectivity index (χ0n) is 9.16. The highest BCUT2D eigenvalue weighted by atomic mass is 32.2. The van der Waals surface area contributed by atoms with Crippen LogP contribution in [-0.2, 0) is 7.05 Å². The van der Waals surface area contributed by atoms with Crippen LogP contribution in [0.1, 0.15) is 24.9 Å². The molecule has 80 valence electrons. The zero-order valence-corrected chi connectivity index (χ0v) is 9.97. The first-order valence-electron chi connectivity index (χ1n) is 5.01. The smallest absolute Gasteiger partial charge is 0.0537 e. The maximum atomic E-state index is 4.18. The van der Waals surface area contributed by atoms with Crippen molar-refractivity contribution in [2.24, 2.45) is 7.05 Å². The number of hydrogen-bond donors (Lipinski definition) is 1. The van der Waals surface area contributed by atoms with Crippen molar-refractivity contribution < 1.29 is 0 Å². The van der Waals surface area contributed by atoms with Gasteiger partial charge < -0.3 is 5.32 Å². The third-order valence-electron chi connectivity index (χ3n) is 2.11. The SMILES string of the molecule is CCCSCC(NC)c1cnn(C)c1. The molecule has 0 aliphatic carbocycles. The number of nitrogens with zero attached hydrogens (tertiary/aromatic N) is 2. The summed E-state index contributed by atoms with van der Waals surface area (Å²) in [6.45, 7) is 2.21. The molecule has 0 aliphatic heterocycles. The van der Waals surface area contributed by atoms with Crippen molar-refractivity contribution >= 4 is 11.8 Å². The van der Waals surface area contributed by atoms with Gasteiger partial charge in [0.05, 0.1) is 6.20 Å². The van der Waals surface area contributed by atoms with Crippen molar-refractivity contribution in [1.29, 1.82) is 0 Å². The number of aromatic nitrogens is 2. The van der Waals surface area contributed by atoms with Crippen LogP contribution >= 0.6 is 11.8 Å². The van der Waals surface area contributed by atoms with Gasteiger partial charge >= 0.3 is 0 Å². The third-order valence-corrected chi connectivity index (χ3v) is 3.37. The molecule has 0 aliphatic rings. The van der Waals surface area contributed by atoms with Crippen molar-refractivity contribution in [2.45, 2.75) is 19.4 Å². The van der Waals surface area contributed by atoms with Crippen LogP contribution in [0.2, 0.25) is 0 Å². The Labute approximate surface area is 90.3 Å². The molecular weight excluding hydrogens is 194 g/mol. The van der Waals surface area contributed by atoms with E-state index in [9.17, 15) is 0 Å². The van der Waals surface area contributed by atoms with Crippen LogP contribution in [0.15, 0.2) is 12.4 Å². The van der Waals surface area contributed by atoms with E-state index in [0.29, 0.717) is 6.04 Å². The minimum Gasteiger partial charge on any atom is -0.312 e. The average Bonchev–Trinajstić information content (AvgIpc) is 2.60. The largest absolute Gasteiger partial charge is 0.312 e. The third kappa shape index (κ3) is 3.35. The molecule has 1 rings (SSSR count). The van der Waals surface area contributed by atoms with Gasteiger partial charge in [-0.15, -0.1) is 0 Å². The molecule has 1 heterocycles. The summed E-state index contributed by atoms with van der Waals surface area (Å²) in [6.07, 6.45) is 5.26. The van der Waals surface area contributed by atoms with E-state index in [2.05, 4.69) is 23.5 Å². The summed E-state index contributed by atoms with van der Waals surface area (Å²) >= 11 is 1.99. The Morgan fingerprint density at radius 3 is 2.93 bits per heavy atom. The number of aryl methyl sites for hydroxylation is 1. The Kier molecular flexibility index (Phi) is 5.04. The molecule has 0 aromatic carbocycles. The molecule has 1 atom stereocenters. The van der Waals surface area contributed by atoms with Crippen LogP contribution in [0.5, 0.6) is 0 Å². The fourth-order valence-electron chi connectivity index (χ4n) is 1.31. The fraction of sp³-hybridized carbons (Fsp3) is 0.700. The molecule has 1 aromatic heterocycles. The number of hydrogen-bond acceptors (Lipinski definition) is 3. The molecule has 3 nitrogen and oxygen atoms in total. The highest BCUT2D eigenvalue weighted by Crippen LogP contribution is 2.17. The Morgan fingerprint density at radius 1 is 1.64 bits per heavy atom. The van der Waals surface area contributed by atoms with E-state index in [1.165, 1.54) is 17.7 Å². The van der Waals surface area contributed by atoms with E-state index in [-0.39, 0.29) is 0 Å². The Bertz CT molecular complexity index is 260. The van der Waals surface area contributed by atoms with Crippen molar-refractivity contribution in [2.75, 3.05) is 18.6 Å². The van der Waals surface area contributed by atoms with E-state index in [0.717, 1.165) is 5.75 Å². The van der Waals surface area contributed by atoms with Gasteiger partial charge in [0, 0.05) is 30.6 Å². The van der Waals surface area contributed by atoms with Crippen LogP contribution in [-0.4, -0.2) is 28.3 Å². The first-order chi connectivity index (χ1) is 6.77. The summed E-state index contributed by atoms with van der Waals surface area (Å²) in [6, 6.07) is 0.431. The van der Waals surface area contributed by atoms with Crippen molar-refractivity contribution in [3.63, 3.8) is 0 Å². The molecule has 0 bridgehead atoms. The second-order valence-corrected chi connectivity index (χ2v) is 4.51. The van der Waals surface area contributed by atoms with Crippen molar-refractivity contribution in [3.05, 3.63) is 18.0 Å². The maximum Gasteiger partial charge on any atom is 0.0537 e. The van der Waals surface area contributed by atoms with E-state index < -0.39 is 0 Å². The van der Waals surface area contributed by atoms with E-state index in [1.807, 2.05) is 36.7 Å². The molecule has 0 fully saturated rings. The molecule has 1 N–H and O–H groups in total. The van der Waals surface area contributed by atoms with E-state index in [4.69, 9.17) is 0 Å². The summed E-state index contributed by atoms with van der Waals surface area (Å²) in [7, 11) is 3.96. The Morgan fingerprint density at radius 2 is 2.43 bits per heavy atom. The molecule has 0 saturated carbocycles. The molecule has 4 heteroatoms. The highest BCUT2D eigenvalue weighted by Gasteiger charge is 2.10. The lowest BCUT2D eigenvalue weighted by atomic mass is 10.2. The van der Waals surface area contributed by atoms with Crippen LogP contribution in [0, 0.1) is 0 Å². The number of nitrogens with one attached hydrogen (secondary N) is 1. The molecule has 0 amide bonds.